The molecule has 0 aliphatic carbocycles. The number of anilines is 1. The second-order valence-corrected chi connectivity index (χ2v) is 5.68. The van der Waals surface area contributed by atoms with Crippen molar-refractivity contribution < 1.29 is 28.6 Å². The van der Waals surface area contributed by atoms with Gasteiger partial charge in [-0.2, -0.15) is 0 Å². The summed E-state index contributed by atoms with van der Waals surface area (Å²) in [5.74, 6) is -3.05. The van der Waals surface area contributed by atoms with Crippen LogP contribution in [-0.2, 0) is 20.7 Å². The van der Waals surface area contributed by atoms with Crippen LogP contribution in [0.5, 0.6) is 0 Å². The summed E-state index contributed by atoms with van der Waals surface area (Å²) in [5, 5.41) is 14.2. The van der Waals surface area contributed by atoms with Crippen LogP contribution in [0.4, 0.5) is 10.1 Å². The first-order valence-electron chi connectivity index (χ1n) is 7.17. The molecule has 0 saturated carbocycles. The zero-order valence-electron chi connectivity index (χ0n) is 12.1. The molecule has 0 radical (unpaired) electrons. The molecule has 1 unspecified atom stereocenters. The lowest BCUT2D eigenvalue weighted by molar-refractivity contribution is -0.144. The minimum absolute atomic E-state index is 0.122. The third-order valence-electron chi connectivity index (χ3n) is 4.12. The fourth-order valence-corrected chi connectivity index (χ4v) is 2.75. The molecule has 1 saturated heterocycles. The number of carbonyl (C=O) groups is 3. The molecule has 0 aromatic heterocycles. The second kappa shape index (κ2) is 5.62. The quantitative estimate of drug-likeness (QED) is 0.759. The number of halogens is 1. The van der Waals surface area contributed by atoms with Crippen LogP contribution in [0.3, 0.4) is 0 Å². The molecule has 2 heterocycles. The fraction of sp³-hybridized carbons (Fsp3) is 0.400. The molecular weight excluding hydrogens is 307 g/mol. The topological polar surface area (TPSA) is 105 Å². The summed E-state index contributed by atoms with van der Waals surface area (Å²) in [6, 6.07) is 2.44. The summed E-state index contributed by atoms with van der Waals surface area (Å²) in [6.07, 6.45) is 0.776. The van der Waals surface area contributed by atoms with E-state index >= 15 is 0 Å². The van der Waals surface area contributed by atoms with Crippen molar-refractivity contribution in [2.45, 2.75) is 24.8 Å². The lowest BCUT2D eigenvalue weighted by Gasteiger charge is -2.24. The average molecular weight is 322 g/mol. The summed E-state index contributed by atoms with van der Waals surface area (Å²) in [6.45, 7) is 0.0575. The second-order valence-electron chi connectivity index (χ2n) is 5.68. The molecular formula is C15H15FN2O5. The highest BCUT2D eigenvalue weighted by Crippen LogP contribution is 2.27. The van der Waals surface area contributed by atoms with Gasteiger partial charge in [-0.25, -0.2) is 9.18 Å². The average Bonchev–Trinajstić information content (AvgIpc) is 2.96. The number of amides is 2. The summed E-state index contributed by atoms with van der Waals surface area (Å²) in [4.78, 5) is 35.0. The Kier molecular flexibility index (Phi) is 3.77. The zero-order valence-corrected chi connectivity index (χ0v) is 12.1. The predicted molar refractivity (Wildman–Crippen MR) is 76.6 cm³/mol. The fourth-order valence-electron chi connectivity index (χ4n) is 2.75. The standard InChI is InChI=1S/C15H15FN2O5/c16-10-6-11-8(1-2-12(19)17-11)5-9(10)13(20)18-15(14(21)22)3-4-23-7-15/h5-6H,1-4,7H2,(H,17,19)(H,18,20)(H,21,22). The number of benzene rings is 1. The van der Waals surface area contributed by atoms with Crippen molar-refractivity contribution in [1.29, 1.82) is 0 Å². The van der Waals surface area contributed by atoms with Gasteiger partial charge in [0.1, 0.15) is 5.82 Å². The first-order valence-corrected chi connectivity index (χ1v) is 7.17. The lowest BCUT2D eigenvalue weighted by atomic mass is 9.96. The van der Waals surface area contributed by atoms with Crippen LogP contribution in [0.2, 0.25) is 0 Å². The largest absolute Gasteiger partial charge is 0.479 e. The van der Waals surface area contributed by atoms with Gasteiger partial charge in [0.05, 0.1) is 12.2 Å². The third-order valence-corrected chi connectivity index (χ3v) is 4.12. The molecule has 1 aromatic carbocycles. The number of nitrogens with one attached hydrogen (secondary N) is 2. The van der Waals surface area contributed by atoms with E-state index in [0.29, 0.717) is 17.7 Å². The molecule has 3 rings (SSSR count). The van der Waals surface area contributed by atoms with E-state index in [9.17, 15) is 23.9 Å². The maximum Gasteiger partial charge on any atom is 0.331 e. The van der Waals surface area contributed by atoms with Gasteiger partial charge < -0.3 is 20.5 Å². The Labute approximate surface area is 130 Å². The Morgan fingerprint density at radius 1 is 1.35 bits per heavy atom. The van der Waals surface area contributed by atoms with Gasteiger partial charge in [-0.3, -0.25) is 9.59 Å². The van der Waals surface area contributed by atoms with Crippen LogP contribution in [-0.4, -0.2) is 41.6 Å². The van der Waals surface area contributed by atoms with Gasteiger partial charge in [-0.05, 0) is 24.1 Å². The van der Waals surface area contributed by atoms with Crippen LogP contribution in [0, 0.1) is 5.82 Å². The molecule has 0 bridgehead atoms. The molecule has 1 fully saturated rings. The van der Waals surface area contributed by atoms with Gasteiger partial charge in [0, 0.05) is 25.1 Å². The molecule has 2 aliphatic rings. The van der Waals surface area contributed by atoms with Crippen LogP contribution >= 0.6 is 0 Å². The molecule has 122 valence electrons. The Bertz CT molecular complexity index is 697. The summed E-state index contributed by atoms with van der Waals surface area (Å²) in [5.41, 5.74) is -0.795. The molecule has 2 aliphatic heterocycles. The molecule has 23 heavy (non-hydrogen) atoms. The normalized spacial score (nSPS) is 23.1. The van der Waals surface area contributed by atoms with Crippen molar-refractivity contribution in [3.05, 3.63) is 29.1 Å². The van der Waals surface area contributed by atoms with Crippen molar-refractivity contribution in [3.8, 4) is 0 Å². The lowest BCUT2D eigenvalue weighted by Crippen LogP contribution is -2.55. The monoisotopic (exact) mass is 322 g/mol. The summed E-state index contributed by atoms with van der Waals surface area (Å²) in [7, 11) is 0. The number of carboxylic acids is 1. The van der Waals surface area contributed by atoms with Crippen LogP contribution in [0.15, 0.2) is 12.1 Å². The molecule has 1 atom stereocenters. The van der Waals surface area contributed by atoms with Crippen LogP contribution in [0.25, 0.3) is 0 Å². The van der Waals surface area contributed by atoms with Crippen molar-refractivity contribution >= 4 is 23.5 Å². The minimum atomic E-state index is -1.53. The number of carboxylic acid groups (broad SMARTS) is 1. The van der Waals surface area contributed by atoms with E-state index in [1.54, 1.807) is 0 Å². The first-order chi connectivity index (χ1) is 10.9. The Hall–Kier alpha value is -2.48. The number of hydrogen-bond donors (Lipinski definition) is 3. The Balaban J connectivity index is 1.88. The van der Waals surface area contributed by atoms with Gasteiger partial charge in [-0.1, -0.05) is 0 Å². The van der Waals surface area contributed by atoms with Gasteiger partial charge in [0.15, 0.2) is 5.54 Å². The van der Waals surface area contributed by atoms with Crippen molar-refractivity contribution in [2.75, 3.05) is 18.5 Å². The summed E-state index contributed by atoms with van der Waals surface area (Å²) >= 11 is 0. The molecule has 8 heteroatoms. The maximum atomic E-state index is 14.2. The number of hydrogen-bond acceptors (Lipinski definition) is 4. The molecule has 0 spiro atoms. The van der Waals surface area contributed by atoms with Crippen LogP contribution in [0.1, 0.15) is 28.8 Å². The highest BCUT2D eigenvalue weighted by molar-refractivity contribution is 6.00. The van der Waals surface area contributed by atoms with E-state index < -0.39 is 23.2 Å². The number of aryl methyl sites for hydroxylation is 1. The highest BCUT2D eigenvalue weighted by atomic mass is 19.1. The van der Waals surface area contributed by atoms with Gasteiger partial charge in [0.2, 0.25) is 5.91 Å². The maximum absolute atomic E-state index is 14.2. The van der Waals surface area contributed by atoms with E-state index in [0.717, 1.165) is 6.07 Å². The first kappa shape index (κ1) is 15.4. The van der Waals surface area contributed by atoms with Gasteiger partial charge in [-0.15, -0.1) is 0 Å². The number of rotatable bonds is 3. The number of carbonyl (C=O) groups excluding carboxylic acids is 2. The van der Waals surface area contributed by atoms with Crippen molar-refractivity contribution in [3.63, 3.8) is 0 Å². The van der Waals surface area contributed by atoms with E-state index in [1.165, 1.54) is 6.07 Å². The Morgan fingerprint density at radius 2 is 2.13 bits per heavy atom. The number of ether oxygens (including phenoxy) is 1. The third kappa shape index (κ3) is 2.77. The molecule has 7 nitrogen and oxygen atoms in total. The van der Waals surface area contributed by atoms with Gasteiger partial charge in [0.25, 0.3) is 5.91 Å². The van der Waals surface area contributed by atoms with E-state index in [1.807, 2.05) is 0 Å². The van der Waals surface area contributed by atoms with Crippen LogP contribution < -0.4 is 10.6 Å². The Morgan fingerprint density at radius 3 is 2.78 bits per heavy atom. The van der Waals surface area contributed by atoms with E-state index in [-0.39, 0.29) is 37.5 Å². The smallest absolute Gasteiger partial charge is 0.331 e. The van der Waals surface area contributed by atoms with E-state index in [4.69, 9.17) is 4.74 Å². The SMILES string of the molecule is O=C1CCc2cc(C(=O)NC3(C(=O)O)CCOC3)c(F)cc2N1. The molecule has 3 N–H and O–H groups in total. The number of fused-ring (bicyclic) bond motifs is 1. The predicted octanol–water partition coefficient (Wildman–Crippen LogP) is 0.684. The van der Waals surface area contributed by atoms with Crippen molar-refractivity contribution in [1.82, 2.24) is 5.32 Å². The minimum Gasteiger partial charge on any atom is -0.479 e. The number of aliphatic carboxylic acids is 1. The van der Waals surface area contributed by atoms with Crippen molar-refractivity contribution in [2.24, 2.45) is 0 Å². The highest BCUT2D eigenvalue weighted by Gasteiger charge is 2.44. The molecule has 2 amide bonds. The molecule has 1 aromatic rings. The zero-order chi connectivity index (χ0) is 16.6. The van der Waals surface area contributed by atoms with Gasteiger partial charge >= 0.3 is 5.97 Å². The summed E-state index contributed by atoms with van der Waals surface area (Å²) < 4.78 is 19.2. The van der Waals surface area contributed by atoms with E-state index in [2.05, 4.69) is 10.6 Å².